The zero-order chi connectivity index (χ0) is 30.4. The van der Waals surface area contributed by atoms with Crippen molar-refractivity contribution in [2.45, 2.75) is 46.7 Å². The number of amides is 1. The Bertz CT molecular complexity index is 1070. The monoisotopic (exact) mass is 655 g/mol. The van der Waals surface area contributed by atoms with Crippen LogP contribution in [-0.4, -0.2) is 84.1 Å². The van der Waals surface area contributed by atoms with Crippen molar-refractivity contribution in [1.29, 1.82) is 0 Å². The summed E-state index contributed by atoms with van der Waals surface area (Å²) in [6.45, 7) is 10.2. The van der Waals surface area contributed by atoms with Gasteiger partial charge in [0, 0.05) is 47.1 Å². The Morgan fingerprint density at radius 3 is 1.76 bits per heavy atom. The van der Waals surface area contributed by atoms with Crippen LogP contribution in [0.15, 0.2) is 17.6 Å². The number of aromatic nitrogens is 4. The number of halogens is 2. The molecule has 0 aliphatic rings. The van der Waals surface area contributed by atoms with Crippen molar-refractivity contribution >= 4 is 81.1 Å². The van der Waals surface area contributed by atoms with Gasteiger partial charge >= 0.3 is 0 Å². The highest BCUT2D eigenvalue weighted by molar-refractivity contribution is 9.09. The van der Waals surface area contributed by atoms with E-state index < -0.39 is 0 Å². The first-order valence-corrected chi connectivity index (χ1v) is 14.4. The number of carbonyl (C=O) groups is 5. The molecule has 0 aromatic carbocycles. The van der Waals surface area contributed by atoms with Gasteiger partial charge in [-0.15, -0.1) is 11.6 Å². The molecule has 0 unspecified atom stereocenters. The third-order valence-corrected chi connectivity index (χ3v) is 5.89. The highest BCUT2D eigenvalue weighted by atomic mass is 79.9. The fourth-order valence-corrected chi connectivity index (χ4v) is 2.98. The fourth-order valence-electron chi connectivity index (χ4n) is 2.14. The van der Waals surface area contributed by atoms with Crippen LogP contribution in [0.25, 0.3) is 0 Å². The second kappa shape index (κ2) is 24.0. The highest BCUT2D eigenvalue weighted by Gasteiger charge is 2.09. The number of thioether (sulfide) groups is 1. The summed E-state index contributed by atoms with van der Waals surface area (Å²) in [6, 6.07) is 0. The molecular formula is C24H39BrClN5O5S2. The van der Waals surface area contributed by atoms with Crippen molar-refractivity contribution < 1.29 is 24.0 Å². The Kier molecular flexibility index (Phi) is 25.5. The Labute approximate surface area is 248 Å². The first-order valence-electron chi connectivity index (χ1n) is 11.3. The van der Waals surface area contributed by atoms with E-state index in [1.165, 1.54) is 25.7 Å². The van der Waals surface area contributed by atoms with Crippen LogP contribution in [-0.2, 0) is 28.5 Å². The van der Waals surface area contributed by atoms with Gasteiger partial charge in [-0.3, -0.25) is 24.0 Å². The number of hydrogen-bond acceptors (Lipinski definition) is 8. The van der Waals surface area contributed by atoms with Crippen LogP contribution in [0.5, 0.6) is 0 Å². The maximum Gasteiger partial charge on any atom is 0.209 e. The Morgan fingerprint density at radius 2 is 1.55 bits per heavy atom. The lowest BCUT2D eigenvalue weighted by Crippen LogP contribution is -2.22. The average molecular weight is 657 g/mol. The van der Waals surface area contributed by atoms with E-state index in [0.717, 1.165) is 16.8 Å². The first kappa shape index (κ1) is 40.4. The molecule has 0 saturated carbocycles. The van der Waals surface area contributed by atoms with E-state index in [2.05, 4.69) is 32.8 Å². The van der Waals surface area contributed by atoms with E-state index in [4.69, 9.17) is 23.8 Å². The molecule has 0 aliphatic carbocycles. The molecule has 0 radical (unpaired) electrons. The molecule has 2 aromatic rings. The Hall–Kier alpha value is -2.09. The van der Waals surface area contributed by atoms with Gasteiger partial charge in [0.05, 0.1) is 18.1 Å². The number of aromatic amines is 1. The minimum Gasteiger partial charge on any atom is -0.341 e. The van der Waals surface area contributed by atoms with Gasteiger partial charge in [-0.25, -0.2) is 4.98 Å². The Morgan fingerprint density at radius 1 is 1.08 bits per heavy atom. The molecule has 216 valence electrons. The Balaban J connectivity index is -0.000000431. The lowest BCUT2D eigenvalue weighted by atomic mass is 10.3. The van der Waals surface area contributed by atoms with Crippen molar-refractivity contribution in [3.05, 3.63) is 28.6 Å². The summed E-state index contributed by atoms with van der Waals surface area (Å²) in [5, 5.41) is 1.38. The number of nitrogens with one attached hydrogen (secondary N) is 1. The van der Waals surface area contributed by atoms with Crippen LogP contribution in [0.3, 0.4) is 0 Å². The predicted octanol–water partition coefficient (Wildman–Crippen LogP) is 4.90. The number of imidazole rings is 2. The number of carbonyl (C=O) groups excluding carboxylic acids is 5. The third-order valence-electron chi connectivity index (χ3n) is 3.78. The molecule has 1 N–H and O–H groups in total. The largest absolute Gasteiger partial charge is 0.341 e. The molecular weight excluding hydrogens is 618 g/mol. The van der Waals surface area contributed by atoms with E-state index in [1.54, 1.807) is 49.7 Å². The molecule has 2 rings (SSSR count). The van der Waals surface area contributed by atoms with Gasteiger partial charge in [0.2, 0.25) is 6.41 Å². The van der Waals surface area contributed by atoms with Crippen LogP contribution < -0.4 is 0 Å². The lowest BCUT2D eigenvalue weighted by Gasteiger charge is -2.04. The minimum absolute atomic E-state index is 0.000370. The number of H-pyrrole nitrogens is 1. The number of likely N-dealkylation sites (N-methyl/N-ethyl adjacent to an activating group) is 1. The normalized spacial score (nSPS) is 9.03. The number of alkyl halides is 2. The second-order valence-corrected chi connectivity index (χ2v) is 10.1. The summed E-state index contributed by atoms with van der Waals surface area (Å²) in [4.78, 5) is 59.8. The number of rotatable bonds is 8. The lowest BCUT2D eigenvalue weighted by molar-refractivity contribution is -0.124. The van der Waals surface area contributed by atoms with Gasteiger partial charge in [0.15, 0.2) is 21.5 Å². The zero-order valence-electron chi connectivity index (χ0n) is 23.5. The van der Waals surface area contributed by atoms with Crippen molar-refractivity contribution in [1.82, 2.24) is 24.0 Å². The molecule has 1 amide bonds. The summed E-state index contributed by atoms with van der Waals surface area (Å²) >= 11 is 14.5. The fraction of sp³-hybridized carbons (Fsp3) is 0.542. The van der Waals surface area contributed by atoms with Gasteiger partial charge < -0.3 is 19.0 Å². The first-order chi connectivity index (χ1) is 17.6. The molecule has 10 nitrogen and oxygen atoms in total. The third kappa shape index (κ3) is 19.9. The average Bonchev–Trinajstić information content (AvgIpc) is 3.37. The van der Waals surface area contributed by atoms with Crippen LogP contribution >= 0.6 is 51.5 Å². The number of hydrogen-bond donors (Lipinski definition) is 1. The number of nitrogens with zero attached hydrogens (tertiary/aromatic N) is 4. The summed E-state index contributed by atoms with van der Waals surface area (Å²) < 4.78 is 4.05. The quantitative estimate of drug-likeness (QED) is 0.140. The van der Waals surface area contributed by atoms with Crippen molar-refractivity contribution in [3.8, 4) is 0 Å². The number of Topliss-reactive ketones (excluding diaryl/α,β-unsaturated/α-hetero) is 4. The maximum absolute atomic E-state index is 11.0. The van der Waals surface area contributed by atoms with E-state index in [1.807, 2.05) is 18.5 Å². The standard InChI is InChI=1S/C8H12N2OS.C6H8N2OS.C5H9NO2.C3H5BrO.C2H5Cl/c1-4-12-8-9-5-7(6(2)11)10(8)3;1-4(9)5-3-7-6(10)8(5)2;1-5(8)3-6(2)4-7;1-3(5)2-4;1-2-3/h5H,4H2,1-3H3;3H,1-2H3,(H,7,10);4H,3H2,1-2H3;2H2,1H3;2H2,1H3. The molecule has 38 heavy (non-hydrogen) atoms. The molecule has 0 spiro atoms. The van der Waals surface area contributed by atoms with Gasteiger partial charge in [-0.1, -0.05) is 41.5 Å². The van der Waals surface area contributed by atoms with Gasteiger partial charge in [-0.2, -0.15) is 0 Å². The summed E-state index contributed by atoms with van der Waals surface area (Å²) in [7, 11) is 5.19. The van der Waals surface area contributed by atoms with E-state index >= 15 is 0 Å². The van der Waals surface area contributed by atoms with E-state index in [0.29, 0.717) is 27.9 Å². The van der Waals surface area contributed by atoms with Crippen molar-refractivity contribution in [2.75, 3.05) is 30.6 Å². The van der Waals surface area contributed by atoms with Gasteiger partial charge in [0.25, 0.3) is 0 Å². The predicted molar refractivity (Wildman–Crippen MR) is 160 cm³/mol. The molecule has 2 aromatic heterocycles. The second-order valence-electron chi connectivity index (χ2n) is 7.39. The number of ketones is 4. The molecule has 0 bridgehead atoms. The SMILES string of the molecule is CC(=O)CBr.CC(=O)CN(C)C=O.CC(=O)c1c[nH]c(=S)n1C.CCCl.CCSc1ncc(C(C)=O)n1C. The molecule has 2 heterocycles. The van der Waals surface area contributed by atoms with Crippen LogP contribution in [0.1, 0.15) is 62.5 Å². The smallest absolute Gasteiger partial charge is 0.209 e. The maximum atomic E-state index is 11.0. The van der Waals surface area contributed by atoms with Crippen molar-refractivity contribution in [2.24, 2.45) is 14.1 Å². The van der Waals surface area contributed by atoms with Crippen LogP contribution in [0, 0.1) is 4.77 Å². The molecule has 0 aliphatic heterocycles. The van der Waals surface area contributed by atoms with Crippen LogP contribution in [0.4, 0.5) is 0 Å². The van der Waals surface area contributed by atoms with Crippen LogP contribution in [0.2, 0.25) is 0 Å². The van der Waals surface area contributed by atoms with Gasteiger partial charge in [0.1, 0.15) is 23.0 Å². The molecule has 14 heteroatoms. The highest BCUT2D eigenvalue weighted by Crippen LogP contribution is 2.16. The van der Waals surface area contributed by atoms with Crippen molar-refractivity contribution in [3.63, 3.8) is 0 Å². The summed E-state index contributed by atoms with van der Waals surface area (Å²) in [5.74, 6) is 1.95. The van der Waals surface area contributed by atoms with E-state index in [9.17, 15) is 24.0 Å². The van der Waals surface area contributed by atoms with Gasteiger partial charge in [-0.05, 0) is 31.8 Å². The molecule has 0 atom stereocenters. The summed E-state index contributed by atoms with van der Waals surface area (Å²) in [5.41, 5.74) is 1.29. The van der Waals surface area contributed by atoms with E-state index in [-0.39, 0.29) is 29.7 Å². The summed E-state index contributed by atoms with van der Waals surface area (Å²) in [6.07, 6.45) is 3.87. The molecule has 0 saturated heterocycles. The minimum atomic E-state index is -0.000370. The topological polar surface area (TPSA) is 127 Å². The zero-order valence-corrected chi connectivity index (χ0v) is 27.4. The molecule has 0 fully saturated rings.